The van der Waals surface area contributed by atoms with Crippen LogP contribution in [-0.4, -0.2) is 27.7 Å². The van der Waals surface area contributed by atoms with Gasteiger partial charge in [0.2, 0.25) is 0 Å². The third-order valence-corrected chi connectivity index (χ3v) is 2.67. The van der Waals surface area contributed by atoms with E-state index in [0.29, 0.717) is 18.7 Å². The zero-order valence-corrected chi connectivity index (χ0v) is 10.2. The number of aliphatic hydroxyl groups is 1. The van der Waals surface area contributed by atoms with Gasteiger partial charge in [-0.3, -0.25) is 0 Å². The van der Waals surface area contributed by atoms with Crippen molar-refractivity contribution in [3.63, 3.8) is 0 Å². The molecule has 5 heteroatoms. The molecule has 5 nitrogen and oxygen atoms in total. The lowest BCUT2D eigenvalue weighted by molar-refractivity contribution is 0.187. The summed E-state index contributed by atoms with van der Waals surface area (Å²) in [6, 6.07) is 7.96. The zero-order chi connectivity index (χ0) is 13.0. The van der Waals surface area contributed by atoms with Gasteiger partial charge in [-0.15, -0.1) is 0 Å². The Hall–Kier alpha value is -2.01. The van der Waals surface area contributed by atoms with Gasteiger partial charge in [-0.2, -0.15) is 0 Å². The lowest BCUT2D eigenvalue weighted by atomic mass is 10.2. The Morgan fingerprint density at radius 2 is 2.28 bits per heavy atom. The van der Waals surface area contributed by atoms with E-state index in [1.54, 1.807) is 6.20 Å². The maximum absolute atomic E-state index is 10.9. The number of rotatable bonds is 5. The summed E-state index contributed by atoms with van der Waals surface area (Å²) < 4.78 is 0. The molecule has 18 heavy (non-hydrogen) atoms. The van der Waals surface area contributed by atoms with Gasteiger partial charge in [0.25, 0.3) is 0 Å². The van der Waals surface area contributed by atoms with E-state index in [-0.39, 0.29) is 5.69 Å². The molecule has 0 aliphatic heterocycles. The number of nitrogens with one attached hydrogen (secondary N) is 3. The van der Waals surface area contributed by atoms with Crippen molar-refractivity contribution in [2.45, 2.75) is 19.4 Å². The summed E-state index contributed by atoms with van der Waals surface area (Å²) >= 11 is 0. The number of aromatic amines is 2. The Balaban J connectivity index is 1.85. The lowest BCUT2D eigenvalue weighted by Crippen LogP contribution is -2.22. The first kappa shape index (κ1) is 12.4. The molecular weight excluding hydrogens is 230 g/mol. The molecule has 0 saturated heterocycles. The van der Waals surface area contributed by atoms with Crippen LogP contribution in [0, 0.1) is 6.92 Å². The third kappa shape index (κ3) is 3.49. The van der Waals surface area contributed by atoms with Crippen molar-refractivity contribution in [2.24, 2.45) is 0 Å². The smallest absolute Gasteiger partial charge is 0.323 e. The van der Waals surface area contributed by atoms with E-state index in [1.165, 1.54) is 5.56 Å². The molecule has 4 N–H and O–H groups in total. The molecule has 0 aliphatic carbocycles. The second kappa shape index (κ2) is 5.55. The number of aryl methyl sites for hydroxylation is 1. The quantitative estimate of drug-likeness (QED) is 0.637. The monoisotopic (exact) mass is 247 g/mol. The van der Waals surface area contributed by atoms with Crippen LogP contribution >= 0.6 is 0 Å². The van der Waals surface area contributed by atoms with Gasteiger partial charge in [0.05, 0.1) is 6.10 Å². The van der Waals surface area contributed by atoms with Crippen LogP contribution in [0.15, 0.2) is 35.3 Å². The standard InChI is InChI=1S/C13H17N3O2/c1-9-3-2-4-10(5-9)14-8-12(17)6-11-7-15-13(18)16-11/h2-5,7,12,14,17H,6,8H2,1H3,(H2,15,16,18). The van der Waals surface area contributed by atoms with Crippen molar-refractivity contribution in [3.05, 3.63) is 52.2 Å². The van der Waals surface area contributed by atoms with Crippen LogP contribution in [-0.2, 0) is 6.42 Å². The molecule has 2 rings (SSSR count). The highest BCUT2D eigenvalue weighted by molar-refractivity contribution is 5.45. The number of hydrogen-bond donors (Lipinski definition) is 4. The summed E-state index contributed by atoms with van der Waals surface area (Å²) in [6.45, 7) is 2.46. The van der Waals surface area contributed by atoms with Crippen LogP contribution < -0.4 is 11.0 Å². The van der Waals surface area contributed by atoms with Gasteiger partial charge in [0.15, 0.2) is 0 Å². The minimum atomic E-state index is -0.544. The molecule has 0 aliphatic rings. The Morgan fingerprint density at radius 3 is 2.94 bits per heavy atom. The number of H-pyrrole nitrogens is 2. The Labute approximate surface area is 105 Å². The molecule has 2 aromatic rings. The van der Waals surface area contributed by atoms with E-state index >= 15 is 0 Å². The first-order valence-electron chi connectivity index (χ1n) is 5.88. The van der Waals surface area contributed by atoms with Gasteiger partial charge in [-0.05, 0) is 24.6 Å². The second-order valence-electron chi connectivity index (χ2n) is 4.38. The maximum Gasteiger partial charge on any atom is 0.323 e. The van der Waals surface area contributed by atoms with Crippen LogP contribution in [0.5, 0.6) is 0 Å². The minimum absolute atomic E-state index is 0.246. The summed E-state index contributed by atoms with van der Waals surface area (Å²) in [5.41, 5.74) is 2.61. The SMILES string of the molecule is Cc1cccc(NCC(O)Cc2c[nH]c(=O)[nH]2)c1. The van der Waals surface area contributed by atoms with E-state index in [9.17, 15) is 9.90 Å². The van der Waals surface area contributed by atoms with Gasteiger partial charge in [0, 0.05) is 30.5 Å². The number of aromatic nitrogens is 2. The molecule has 96 valence electrons. The highest BCUT2D eigenvalue weighted by atomic mass is 16.3. The summed E-state index contributed by atoms with van der Waals surface area (Å²) in [4.78, 5) is 16.0. The van der Waals surface area contributed by atoms with Crippen LogP contribution in [0.2, 0.25) is 0 Å². The largest absolute Gasteiger partial charge is 0.391 e. The Bertz CT molecular complexity index is 559. The number of benzene rings is 1. The highest BCUT2D eigenvalue weighted by Gasteiger charge is 2.07. The van der Waals surface area contributed by atoms with Crippen molar-refractivity contribution in [1.82, 2.24) is 9.97 Å². The summed E-state index contributed by atoms with van der Waals surface area (Å²) in [6.07, 6.45) is 1.45. The van der Waals surface area contributed by atoms with Gasteiger partial charge < -0.3 is 20.4 Å². The Kier molecular flexibility index (Phi) is 3.84. The van der Waals surface area contributed by atoms with Crippen molar-refractivity contribution >= 4 is 5.69 Å². The molecule has 1 unspecified atom stereocenters. The molecule has 0 amide bonds. The number of aliphatic hydroxyl groups excluding tert-OH is 1. The number of imidazole rings is 1. The molecule has 0 spiro atoms. The summed E-state index contributed by atoms with van der Waals surface area (Å²) in [7, 11) is 0. The normalized spacial score (nSPS) is 12.3. The fraction of sp³-hybridized carbons (Fsp3) is 0.308. The van der Waals surface area contributed by atoms with E-state index < -0.39 is 6.10 Å². The molecule has 1 atom stereocenters. The maximum atomic E-state index is 10.9. The van der Waals surface area contributed by atoms with Crippen molar-refractivity contribution in [2.75, 3.05) is 11.9 Å². The van der Waals surface area contributed by atoms with Crippen LogP contribution in [0.3, 0.4) is 0 Å². The number of anilines is 1. The third-order valence-electron chi connectivity index (χ3n) is 2.67. The fourth-order valence-corrected chi connectivity index (χ4v) is 1.80. The van der Waals surface area contributed by atoms with E-state index in [4.69, 9.17) is 0 Å². The summed E-state index contributed by atoms with van der Waals surface area (Å²) in [5, 5.41) is 13.0. The van der Waals surface area contributed by atoms with Crippen LogP contribution in [0.4, 0.5) is 5.69 Å². The average molecular weight is 247 g/mol. The molecule has 0 bridgehead atoms. The Morgan fingerprint density at radius 1 is 1.44 bits per heavy atom. The van der Waals surface area contributed by atoms with Crippen LogP contribution in [0.25, 0.3) is 0 Å². The van der Waals surface area contributed by atoms with E-state index in [2.05, 4.69) is 15.3 Å². The topological polar surface area (TPSA) is 80.9 Å². The molecule has 1 aromatic heterocycles. The molecule has 1 heterocycles. The van der Waals surface area contributed by atoms with Gasteiger partial charge in [-0.1, -0.05) is 12.1 Å². The molecule has 0 fully saturated rings. The van der Waals surface area contributed by atoms with E-state index in [1.807, 2.05) is 31.2 Å². The first-order chi connectivity index (χ1) is 8.63. The molecule has 0 radical (unpaired) electrons. The fourth-order valence-electron chi connectivity index (χ4n) is 1.80. The van der Waals surface area contributed by atoms with Crippen molar-refractivity contribution in [3.8, 4) is 0 Å². The lowest BCUT2D eigenvalue weighted by Gasteiger charge is -2.12. The second-order valence-corrected chi connectivity index (χ2v) is 4.38. The van der Waals surface area contributed by atoms with E-state index in [0.717, 1.165) is 5.69 Å². The first-order valence-corrected chi connectivity index (χ1v) is 5.88. The molecule has 0 saturated carbocycles. The molecular formula is C13H17N3O2. The number of hydrogen-bond acceptors (Lipinski definition) is 3. The van der Waals surface area contributed by atoms with Crippen LogP contribution in [0.1, 0.15) is 11.3 Å². The van der Waals surface area contributed by atoms with Gasteiger partial charge >= 0.3 is 5.69 Å². The molecule has 1 aromatic carbocycles. The summed E-state index contributed by atoms with van der Waals surface area (Å²) in [5.74, 6) is 0. The van der Waals surface area contributed by atoms with Crippen molar-refractivity contribution in [1.29, 1.82) is 0 Å². The average Bonchev–Trinajstić information content (AvgIpc) is 2.72. The highest BCUT2D eigenvalue weighted by Crippen LogP contribution is 2.09. The van der Waals surface area contributed by atoms with Gasteiger partial charge in [-0.25, -0.2) is 4.79 Å². The minimum Gasteiger partial charge on any atom is -0.391 e. The van der Waals surface area contributed by atoms with Crippen molar-refractivity contribution < 1.29 is 5.11 Å². The predicted molar refractivity (Wildman–Crippen MR) is 70.8 cm³/mol. The van der Waals surface area contributed by atoms with Gasteiger partial charge in [0.1, 0.15) is 0 Å². The predicted octanol–water partition coefficient (Wildman–Crippen LogP) is 1.03. The zero-order valence-electron chi connectivity index (χ0n) is 10.2.